The van der Waals surface area contributed by atoms with Gasteiger partial charge >= 0.3 is 0 Å². The molecule has 1 atom stereocenters. The Morgan fingerprint density at radius 2 is 1.59 bits per heavy atom. The number of hydrogen-bond acceptors (Lipinski definition) is 3. The molecule has 136 valence electrons. The molecule has 0 aliphatic carbocycles. The van der Waals surface area contributed by atoms with Crippen LogP contribution in [0.25, 0.3) is 0 Å². The van der Waals surface area contributed by atoms with Crippen LogP contribution < -0.4 is 5.32 Å². The number of benzene rings is 3. The van der Waals surface area contributed by atoms with Crippen LogP contribution in [0.1, 0.15) is 33.7 Å². The highest BCUT2D eigenvalue weighted by Gasteiger charge is 2.22. The topological polar surface area (TPSA) is 46.2 Å². The number of anilines is 1. The van der Waals surface area contributed by atoms with E-state index < -0.39 is 5.25 Å². The van der Waals surface area contributed by atoms with Gasteiger partial charge in [-0.1, -0.05) is 60.2 Å². The Bertz CT molecular complexity index is 936. The van der Waals surface area contributed by atoms with E-state index in [1.165, 1.54) is 24.2 Å². The van der Waals surface area contributed by atoms with E-state index in [4.69, 9.17) is 0 Å². The molecule has 3 nitrogen and oxygen atoms in total. The smallest absolute Gasteiger partial charge is 0.242 e. The lowest BCUT2D eigenvalue weighted by atomic mass is 10.1. The summed E-state index contributed by atoms with van der Waals surface area (Å²) >= 11 is 1.51. The number of thioether (sulfide) groups is 1. The van der Waals surface area contributed by atoms with Crippen molar-refractivity contribution in [2.75, 3.05) is 5.32 Å². The summed E-state index contributed by atoms with van der Waals surface area (Å²) in [5, 5.41) is 2.56. The van der Waals surface area contributed by atoms with E-state index in [1.807, 2.05) is 61.5 Å². The van der Waals surface area contributed by atoms with Crippen molar-refractivity contribution in [3.05, 3.63) is 95.6 Å². The largest absolute Gasteiger partial charge is 0.325 e. The lowest BCUT2D eigenvalue weighted by Gasteiger charge is -2.17. The Hall–Kier alpha value is -2.85. The van der Waals surface area contributed by atoms with E-state index in [0.717, 1.165) is 10.5 Å². The molecule has 3 rings (SSSR count). The maximum absolute atomic E-state index is 13.0. The predicted molar refractivity (Wildman–Crippen MR) is 111 cm³/mol. The van der Waals surface area contributed by atoms with Gasteiger partial charge in [0, 0.05) is 16.1 Å². The number of nitrogens with one attached hydrogen (secondary N) is 1. The maximum Gasteiger partial charge on any atom is 0.242 e. The highest BCUT2D eigenvalue weighted by atomic mass is 32.2. The van der Waals surface area contributed by atoms with Crippen molar-refractivity contribution in [3.63, 3.8) is 0 Å². The molecule has 1 N–H and O–H groups in total. The van der Waals surface area contributed by atoms with Crippen LogP contribution in [0.4, 0.5) is 5.69 Å². The standard InChI is InChI=1S/C23H21NO2S/c1-16-11-13-21(14-12-16)27-22(18-7-4-3-5-8-18)23(26)24-20-10-6-9-19(15-20)17(2)25/h3-15,22H,1-2H3,(H,24,26)/t22-/m0/s1. The van der Waals surface area contributed by atoms with Crippen LogP contribution in [0.15, 0.2) is 83.8 Å². The molecule has 0 fully saturated rings. The molecular weight excluding hydrogens is 354 g/mol. The molecule has 0 heterocycles. The maximum atomic E-state index is 13.0. The Kier molecular flexibility index (Phi) is 6.09. The Labute approximate surface area is 163 Å². The third kappa shape index (κ3) is 5.08. The minimum atomic E-state index is -0.394. The lowest BCUT2D eigenvalue weighted by Crippen LogP contribution is -2.19. The fourth-order valence-corrected chi connectivity index (χ4v) is 3.70. The van der Waals surface area contributed by atoms with Crippen molar-refractivity contribution in [1.29, 1.82) is 0 Å². The average Bonchev–Trinajstić information content (AvgIpc) is 2.68. The summed E-state index contributed by atoms with van der Waals surface area (Å²) < 4.78 is 0. The van der Waals surface area contributed by atoms with Gasteiger partial charge in [-0.2, -0.15) is 0 Å². The molecule has 0 aliphatic heterocycles. The highest BCUT2D eigenvalue weighted by Crippen LogP contribution is 2.36. The van der Waals surface area contributed by atoms with E-state index in [-0.39, 0.29) is 11.7 Å². The summed E-state index contributed by atoms with van der Waals surface area (Å²) in [7, 11) is 0. The van der Waals surface area contributed by atoms with Gasteiger partial charge in [-0.3, -0.25) is 9.59 Å². The molecule has 0 radical (unpaired) electrons. The summed E-state index contributed by atoms with van der Waals surface area (Å²) in [6.45, 7) is 3.55. The zero-order chi connectivity index (χ0) is 19.2. The van der Waals surface area contributed by atoms with Crippen LogP contribution in [0, 0.1) is 6.92 Å². The molecule has 0 aromatic heterocycles. The van der Waals surface area contributed by atoms with Gasteiger partial charge < -0.3 is 5.32 Å². The molecule has 0 saturated carbocycles. The van der Waals surface area contributed by atoms with Crippen molar-refractivity contribution in [1.82, 2.24) is 0 Å². The Balaban J connectivity index is 1.85. The number of carbonyl (C=O) groups excluding carboxylic acids is 2. The third-order valence-corrected chi connectivity index (χ3v) is 5.42. The number of hydrogen-bond donors (Lipinski definition) is 1. The van der Waals surface area contributed by atoms with E-state index in [0.29, 0.717) is 11.3 Å². The van der Waals surface area contributed by atoms with Crippen molar-refractivity contribution in [2.45, 2.75) is 24.0 Å². The van der Waals surface area contributed by atoms with Crippen molar-refractivity contribution >= 4 is 29.1 Å². The molecule has 1 amide bonds. The summed E-state index contributed by atoms with van der Waals surface area (Å²) in [6.07, 6.45) is 0. The fourth-order valence-electron chi connectivity index (χ4n) is 2.68. The van der Waals surface area contributed by atoms with Crippen LogP contribution in [0.3, 0.4) is 0 Å². The quantitative estimate of drug-likeness (QED) is 0.446. The average molecular weight is 375 g/mol. The second-order valence-corrected chi connectivity index (χ2v) is 7.53. The van der Waals surface area contributed by atoms with Gasteiger partial charge in [-0.15, -0.1) is 11.8 Å². The first kappa shape index (κ1) is 18.9. The molecule has 0 spiro atoms. The van der Waals surface area contributed by atoms with Gasteiger partial charge in [0.05, 0.1) is 0 Å². The Morgan fingerprint density at radius 3 is 2.26 bits per heavy atom. The number of ketones is 1. The van der Waals surface area contributed by atoms with Crippen LogP contribution in [0.2, 0.25) is 0 Å². The third-order valence-electron chi connectivity index (χ3n) is 4.15. The first-order valence-electron chi connectivity index (χ1n) is 8.73. The lowest BCUT2D eigenvalue weighted by molar-refractivity contribution is -0.115. The number of Topliss-reactive ketones (excluding diaryl/α,β-unsaturated/α-hetero) is 1. The first-order valence-corrected chi connectivity index (χ1v) is 9.61. The van der Waals surface area contributed by atoms with Gasteiger partial charge in [-0.05, 0) is 43.7 Å². The van der Waals surface area contributed by atoms with Gasteiger partial charge in [0.2, 0.25) is 5.91 Å². The van der Waals surface area contributed by atoms with Gasteiger partial charge in [0.25, 0.3) is 0 Å². The molecule has 0 bridgehead atoms. The van der Waals surface area contributed by atoms with Gasteiger partial charge in [0.1, 0.15) is 5.25 Å². The van der Waals surface area contributed by atoms with Crippen molar-refractivity contribution < 1.29 is 9.59 Å². The summed E-state index contributed by atoms with van der Waals surface area (Å²) in [4.78, 5) is 25.7. The number of amides is 1. The molecule has 4 heteroatoms. The van der Waals surface area contributed by atoms with Crippen LogP contribution in [0.5, 0.6) is 0 Å². The minimum Gasteiger partial charge on any atom is -0.325 e. The first-order chi connectivity index (χ1) is 13.0. The normalized spacial score (nSPS) is 11.6. The highest BCUT2D eigenvalue weighted by molar-refractivity contribution is 8.00. The Morgan fingerprint density at radius 1 is 0.889 bits per heavy atom. The van der Waals surface area contributed by atoms with Gasteiger partial charge in [0.15, 0.2) is 5.78 Å². The number of aryl methyl sites for hydroxylation is 1. The fraction of sp³-hybridized carbons (Fsp3) is 0.130. The molecule has 27 heavy (non-hydrogen) atoms. The van der Waals surface area contributed by atoms with Gasteiger partial charge in [-0.25, -0.2) is 0 Å². The van der Waals surface area contributed by atoms with E-state index in [2.05, 4.69) is 5.32 Å². The predicted octanol–water partition coefficient (Wildman–Crippen LogP) is 5.67. The van der Waals surface area contributed by atoms with E-state index >= 15 is 0 Å². The number of carbonyl (C=O) groups is 2. The molecular formula is C23H21NO2S. The minimum absolute atomic E-state index is 0.0280. The van der Waals surface area contributed by atoms with Crippen molar-refractivity contribution in [2.24, 2.45) is 0 Å². The van der Waals surface area contributed by atoms with Crippen LogP contribution in [-0.2, 0) is 4.79 Å². The summed E-state index contributed by atoms with van der Waals surface area (Å²) in [5.74, 6) is -0.146. The summed E-state index contributed by atoms with van der Waals surface area (Å²) in [5.41, 5.74) is 3.32. The van der Waals surface area contributed by atoms with Crippen LogP contribution >= 0.6 is 11.8 Å². The van der Waals surface area contributed by atoms with Crippen molar-refractivity contribution in [3.8, 4) is 0 Å². The molecule has 3 aromatic carbocycles. The SMILES string of the molecule is CC(=O)c1cccc(NC(=O)[C@@H](Sc2ccc(C)cc2)c2ccccc2)c1. The number of rotatable bonds is 6. The van der Waals surface area contributed by atoms with E-state index in [9.17, 15) is 9.59 Å². The molecule has 0 unspecified atom stereocenters. The van der Waals surface area contributed by atoms with E-state index in [1.54, 1.807) is 24.3 Å². The zero-order valence-electron chi connectivity index (χ0n) is 15.3. The second kappa shape index (κ2) is 8.69. The molecule has 3 aromatic rings. The molecule has 0 aliphatic rings. The summed E-state index contributed by atoms with van der Waals surface area (Å²) in [6, 6.07) is 24.9. The zero-order valence-corrected chi connectivity index (χ0v) is 16.1. The monoisotopic (exact) mass is 375 g/mol. The van der Waals surface area contributed by atoms with Crippen LogP contribution in [-0.4, -0.2) is 11.7 Å². The second-order valence-electron chi connectivity index (χ2n) is 6.35. The molecule has 0 saturated heterocycles.